The zero-order chi connectivity index (χ0) is 12.4. The zero-order valence-corrected chi connectivity index (χ0v) is 10.0. The molecule has 1 atom stereocenters. The fraction of sp³-hybridized carbons (Fsp3) is 0.143. The monoisotopic (exact) mass is 240 g/mol. The highest BCUT2D eigenvalue weighted by atomic mass is 15.8. The Morgan fingerprint density at radius 3 is 2.50 bits per heavy atom. The van der Waals surface area contributed by atoms with Crippen LogP contribution in [0.5, 0.6) is 0 Å². The SMILES string of the molecule is NNNN1c2ccccc2CC1c1ccccc1. The van der Waals surface area contributed by atoms with Gasteiger partial charge >= 0.3 is 0 Å². The molecule has 0 amide bonds. The van der Waals surface area contributed by atoms with Crippen molar-refractivity contribution in [3.05, 3.63) is 65.7 Å². The third-order valence-corrected chi connectivity index (χ3v) is 3.35. The van der Waals surface area contributed by atoms with Crippen LogP contribution in [-0.4, -0.2) is 0 Å². The molecule has 0 fully saturated rings. The molecule has 0 aromatic heterocycles. The Morgan fingerprint density at radius 2 is 1.72 bits per heavy atom. The Hall–Kier alpha value is -1.88. The lowest BCUT2D eigenvalue weighted by Gasteiger charge is -2.27. The van der Waals surface area contributed by atoms with Gasteiger partial charge in [-0.05, 0) is 17.2 Å². The summed E-state index contributed by atoms with van der Waals surface area (Å²) in [7, 11) is 0. The van der Waals surface area contributed by atoms with Crippen molar-refractivity contribution in [2.24, 2.45) is 5.84 Å². The van der Waals surface area contributed by atoms with E-state index in [1.165, 1.54) is 16.8 Å². The molecule has 2 aromatic carbocycles. The van der Waals surface area contributed by atoms with Crippen LogP contribution in [0.15, 0.2) is 54.6 Å². The molecule has 0 spiro atoms. The van der Waals surface area contributed by atoms with Crippen molar-refractivity contribution < 1.29 is 0 Å². The van der Waals surface area contributed by atoms with Gasteiger partial charge in [-0.25, -0.2) is 0 Å². The summed E-state index contributed by atoms with van der Waals surface area (Å²) in [4.78, 5) is 0. The second-order valence-corrected chi connectivity index (χ2v) is 4.39. The van der Waals surface area contributed by atoms with E-state index in [1.54, 1.807) is 0 Å². The van der Waals surface area contributed by atoms with E-state index >= 15 is 0 Å². The number of fused-ring (bicyclic) bond motifs is 1. The maximum atomic E-state index is 5.40. The molecule has 1 aliphatic heterocycles. The highest BCUT2D eigenvalue weighted by Crippen LogP contribution is 2.38. The van der Waals surface area contributed by atoms with Gasteiger partial charge in [0.05, 0.1) is 11.7 Å². The number of benzene rings is 2. The van der Waals surface area contributed by atoms with Crippen molar-refractivity contribution in [1.82, 2.24) is 11.1 Å². The number of nitrogens with two attached hydrogens (primary N) is 1. The number of hydrogen-bond donors (Lipinski definition) is 3. The molecule has 1 aliphatic rings. The van der Waals surface area contributed by atoms with Crippen LogP contribution in [0, 0.1) is 0 Å². The quantitative estimate of drug-likeness (QED) is 0.564. The van der Waals surface area contributed by atoms with Crippen molar-refractivity contribution >= 4 is 5.69 Å². The Morgan fingerprint density at radius 1 is 1.00 bits per heavy atom. The van der Waals surface area contributed by atoms with E-state index in [0.29, 0.717) is 0 Å². The van der Waals surface area contributed by atoms with Crippen LogP contribution in [0.1, 0.15) is 17.2 Å². The minimum absolute atomic E-state index is 0.264. The van der Waals surface area contributed by atoms with E-state index in [4.69, 9.17) is 5.84 Å². The van der Waals surface area contributed by atoms with E-state index in [-0.39, 0.29) is 6.04 Å². The average molecular weight is 240 g/mol. The Kier molecular flexibility index (Phi) is 2.98. The van der Waals surface area contributed by atoms with E-state index in [9.17, 15) is 0 Å². The summed E-state index contributed by atoms with van der Waals surface area (Å²) in [5.74, 6) is 5.40. The Bertz CT molecular complexity index is 526. The second kappa shape index (κ2) is 4.78. The van der Waals surface area contributed by atoms with Gasteiger partial charge in [-0.1, -0.05) is 48.5 Å². The lowest BCUT2D eigenvalue weighted by atomic mass is 10.0. The molecule has 0 bridgehead atoms. The fourth-order valence-corrected chi connectivity index (χ4v) is 2.54. The lowest BCUT2D eigenvalue weighted by Crippen LogP contribution is -2.50. The van der Waals surface area contributed by atoms with Gasteiger partial charge in [0.2, 0.25) is 0 Å². The van der Waals surface area contributed by atoms with Crippen molar-refractivity contribution in [2.45, 2.75) is 12.5 Å². The molecule has 0 radical (unpaired) electrons. The molecule has 18 heavy (non-hydrogen) atoms. The molecule has 4 heteroatoms. The number of rotatable bonds is 3. The number of nitrogens with one attached hydrogen (secondary N) is 2. The van der Waals surface area contributed by atoms with Gasteiger partial charge in [-0.15, -0.1) is 0 Å². The van der Waals surface area contributed by atoms with Crippen molar-refractivity contribution in [2.75, 3.05) is 5.01 Å². The first kappa shape index (κ1) is 11.2. The molecule has 3 rings (SSSR count). The van der Waals surface area contributed by atoms with Gasteiger partial charge in [0.25, 0.3) is 0 Å². The zero-order valence-electron chi connectivity index (χ0n) is 10.0. The second-order valence-electron chi connectivity index (χ2n) is 4.39. The molecule has 1 heterocycles. The molecule has 0 saturated carbocycles. The Balaban J connectivity index is 1.98. The topological polar surface area (TPSA) is 53.3 Å². The summed E-state index contributed by atoms with van der Waals surface area (Å²) >= 11 is 0. The molecule has 4 nitrogen and oxygen atoms in total. The summed E-state index contributed by atoms with van der Waals surface area (Å²) in [6.07, 6.45) is 0.981. The van der Waals surface area contributed by atoms with Gasteiger partial charge < -0.3 is 0 Å². The molecule has 1 unspecified atom stereocenters. The predicted molar refractivity (Wildman–Crippen MR) is 72.3 cm³/mol. The van der Waals surface area contributed by atoms with Gasteiger partial charge in [0, 0.05) is 6.42 Å². The number of anilines is 1. The molecular formula is C14H16N4. The van der Waals surface area contributed by atoms with Crippen LogP contribution in [0.25, 0.3) is 0 Å². The van der Waals surface area contributed by atoms with Crippen LogP contribution in [0.2, 0.25) is 0 Å². The number of nitrogens with zero attached hydrogens (tertiary/aromatic N) is 1. The smallest absolute Gasteiger partial charge is 0.0759 e. The van der Waals surface area contributed by atoms with Crippen LogP contribution in [0.3, 0.4) is 0 Å². The predicted octanol–water partition coefficient (Wildman–Crippen LogP) is 1.67. The Labute approximate surface area is 106 Å². The van der Waals surface area contributed by atoms with E-state index < -0.39 is 0 Å². The van der Waals surface area contributed by atoms with Crippen LogP contribution >= 0.6 is 0 Å². The summed E-state index contributed by atoms with van der Waals surface area (Å²) in [6.45, 7) is 0. The number of para-hydroxylation sites is 1. The highest BCUT2D eigenvalue weighted by molar-refractivity contribution is 5.59. The van der Waals surface area contributed by atoms with E-state index in [2.05, 4.69) is 58.5 Å². The lowest BCUT2D eigenvalue weighted by molar-refractivity contribution is 0.473. The van der Waals surface area contributed by atoms with E-state index in [0.717, 1.165) is 6.42 Å². The maximum absolute atomic E-state index is 5.40. The third kappa shape index (κ3) is 1.86. The van der Waals surface area contributed by atoms with Crippen LogP contribution in [-0.2, 0) is 6.42 Å². The van der Waals surface area contributed by atoms with Crippen molar-refractivity contribution in [1.29, 1.82) is 0 Å². The van der Waals surface area contributed by atoms with Crippen LogP contribution < -0.4 is 21.9 Å². The molecular weight excluding hydrogens is 224 g/mol. The maximum Gasteiger partial charge on any atom is 0.0759 e. The fourth-order valence-electron chi connectivity index (χ4n) is 2.54. The summed E-state index contributed by atoms with van der Waals surface area (Å²) < 4.78 is 0. The normalized spacial score (nSPS) is 17.8. The third-order valence-electron chi connectivity index (χ3n) is 3.35. The van der Waals surface area contributed by atoms with Gasteiger partial charge in [0.15, 0.2) is 0 Å². The molecule has 0 aliphatic carbocycles. The number of hydrazine groups is 3. The molecule has 2 aromatic rings. The molecule has 92 valence electrons. The summed E-state index contributed by atoms with van der Waals surface area (Å²) in [5, 5.41) is 2.07. The standard InChI is InChI=1S/C14H16N4/c15-16-17-18-13-9-5-4-8-12(13)10-14(18)11-6-2-1-3-7-11/h1-9,14,16-17H,10,15H2. The van der Waals surface area contributed by atoms with Gasteiger partial charge in [-0.3, -0.25) is 10.9 Å². The van der Waals surface area contributed by atoms with E-state index in [1.807, 2.05) is 12.1 Å². The first-order valence-electron chi connectivity index (χ1n) is 6.03. The summed E-state index contributed by atoms with van der Waals surface area (Å²) in [6, 6.07) is 19.1. The molecule has 4 N–H and O–H groups in total. The minimum Gasteiger partial charge on any atom is -0.286 e. The van der Waals surface area contributed by atoms with Gasteiger partial charge in [0.1, 0.15) is 0 Å². The van der Waals surface area contributed by atoms with Crippen LogP contribution in [0.4, 0.5) is 5.69 Å². The summed E-state index contributed by atoms with van der Waals surface area (Å²) in [5.41, 5.74) is 9.31. The van der Waals surface area contributed by atoms with Crippen molar-refractivity contribution in [3.63, 3.8) is 0 Å². The largest absolute Gasteiger partial charge is 0.286 e. The minimum atomic E-state index is 0.264. The first-order chi connectivity index (χ1) is 8.90. The highest BCUT2D eigenvalue weighted by Gasteiger charge is 2.29. The average Bonchev–Trinajstić information content (AvgIpc) is 2.80. The molecule has 0 saturated heterocycles. The van der Waals surface area contributed by atoms with Crippen molar-refractivity contribution in [3.8, 4) is 0 Å². The number of hydrogen-bond acceptors (Lipinski definition) is 4. The first-order valence-corrected chi connectivity index (χ1v) is 6.03. The van der Waals surface area contributed by atoms with Gasteiger partial charge in [-0.2, -0.15) is 11.1 Å².